The average molecular weight is 279 g/mol. The molecule has 0 fully saturated rings. The van der Waals surface area contributed by atoms with E-state index in [0.29, 0.717) is 12.3 Å². The summed E-state index contributed by atoms with van der Waals surface area (Å²) in [7, 11) is 0. The van der Waals surface area contributed by atoms with Gasteiger partial charge in [-0.1, -0.05) is 5.16 Å². The lowest BCUT2D eigenvalue weighted by molar-refractivity contribution is -0.118. The highest BCUT2D eigenvalue weighted by atomic mass is 32.2. The molecule has 2 heterocycles. The molecule has 0 aliphatic carbocycles. The van der Waals surface area contributed by atoms with Crippen LogP contribution in [0.2, 0.25) is 0 Å². The van der Waals surface area contributed by atoms with E-state index in [1.807, 2.05) is 32.3 Å². The van der Waals surface area contributed by atoms with Gasteiger partial charge < -0.3 is 14.8 Å². The summed E-state index contributed by atoms with van der Waals surface area (Å²) in [5, 5.41) is 6.77. The van der Waals surface area contributed by atoms with Gasteiger partial charge in [-0.25, -0.2) is 0 Å². The standard InChI is InChI=1S/C13H17N3O2S/c1-9-12(10(2)18-16-9)7-19-8-13(17)15-6-11-3-4-14-5-11/h3-5,14H,6-8H2,1-2H3,(H,15,17). The summed E-state index contributed by atoms with van der Waals surface area (Å²) in [5.74, 6) is 2.06. The van der Waals surface area contributed by atoms with Gasteiger partial charge in [0.25, 0.3) is 0 Å². The molecule has 0 spiro atoms. The number of hydrogen-bond donors (Lipinski definition) is 2. The van der Waals surface area contributed by atoms with Gasteiger partial charge in [-0.15, -0.1) is 11.8 Å². The maximum Gasteiger partial charge on any atom is 0.230 e. The first-order valence-corrected chi connectivity index (χ1v) is 7.20. The zero-order valence-corrected chi connectivity index (χ0v) is 11.8. The lowest BCUT2D eigenvalue weighted by atomic mass is 10.2. The van der Waals surface area contributed by atoms with Crippen molar-refractivity contribution < 1.29 is 9.32 Å². The highest BCUT2D eigenvalue weighted by Gasteiger charge is 2.10. The summed E-state index contributed by atoms with van der Waals surface area (Å²) in [6, 6.07) is 1.94. The van der Waals surface area contributed by atoms with Gasteiger partial charge in [-0.2, -0.15) is 0 Å². The molecule has 2 aromatic heterocycles. The number of thioether (sulfide) groups is 1. The molecule has 0 saturated heterocycles. The molecule has 0 atom stereocenters. The fourth-order valence-electron chi connectivity index (χ4n) is 1.67. The number of H-pyrrole nitrogens is 1. The van der Waals surface area contributed by atoms with Gasteiger partial charge in [0.2, 0.25) is 5.91 Å². The van der Waals surface area contributed by atoms with Crippen molar-refractivity contribution in [1.29, 1.82) is 0 Å². The largest absolute Gasteiger partial charge is 0.367 e. The molecule has 0 aromatic carbocycles. The van der Waals surface area contributed by atoms with Crippen LogP contribution in [0.1, 0.15) is 22.6 Å². The first-order valence-electron chi connectivity index (χ1n) is 6.04. The number of aryl methyl sites for hydroxylation is 2. The van der Waals surface area contributed by atoms with Crippen LogP contribution in [0.5, 0.6) is 0 Å². The fourth-order valence-corrected chi connectivity index (χ4v) is 2.68. The quantitative estimate of drug-likeness (QED) is 0.850. The van der Waals surface area contributed by atoms with Crippen molar-refractivity contribution in [2.45, 2.75) is 26.1 Å². The van der Waals surface area contributed by atoms with Gasteiger partial charge in [-0.05, 0) is 25.5 Å². The normalized spacial score (nSPS) is 10.6. The lowest BCUT2D eigenvalue weighted by Crippen LogP contribution is -2.24. The Hall–Kier alpha value is -1.69. The Balaban J connectivity index is 1.69. The van der Waals surface area contributed by atoms with Crippen LogP contribution in [-0.4, -0.2) is 21.8 Å². The third-order valence-electron chi connectivity index (χ3n) is 2.81. The van der Waals surface area contributed by atoms with Crippen molar-refractivity contribution >= 4 is 17.7 Å². The van der Waals surface area contributed by atoms with Crippen molar-refractivity contribution in [1.82, 2.24) is 15.5 Å². The second kappa shape index (κ2) is 6.47. The molecule has 2 rings (SSSR count). The average Bonchev–Trinajstić information content (AvgIpc) is 3.00. The molecular formula is C13H17N3O2S. The number of hydrogen-bond acceptors (Lipinski definition) is 4. The topological polar surface area (TPSA) is 70.9 Å². The van der Waals surface area contributed by atoms with Crippen LogP contribution in [0, 0.1) is 13.8 Å². The SMILES string of the molecule is Cc1noc(C)c1CSCC(=O)NCc1cc[nH]c1. The molecular weight excluding hydrogens is 262 g/mol. The van der Waals surface area contributed by atoms with Crippen molar-refractivity contribution in [3.8, 4) is 0 Å². The first-order chi connectivity index (χ1) is 9.16. The van der Waals surface area contributed by atoms with Crippen LogP contribution in [0.25, 0.3) is 0 Å². The van der Waals surface area contributed by atoms with Crippen molar-refractivity contribution in [3.63, 3.8) is 0 Å². The van der Waals surface area contributed by atoms with Gasteiger partial charge in [0, 0.05) is 30.3 Å². The minimum Gasteiger partial charge on any atom is -0.367 e. The Morgan fingerprint density at radius 3 is 3.00 bits per heavy atom. The van der Waals surface area contributed by atoms with E-state index < -0.39 is 0 Å². The molecule has 19 heavy (non-hydrogen) atoms. The van der Waals surface area contributed by atoms with E-state index >= 15 is 0 Å². The van der Waals surface area contributed by atoms with Gasteiger partial charge in [0.15, 0.2) is 0 Å². The van der Waals surface area contributed by atoms with E-state index in [1.54, 1.807) is 11.8 Å². The van der Waals surface area contributed by atoms with Gasteiger partial charge >= 0.3 is 0 Å². The Morgan fingerprint density at radius 2 is 2.37 bits per heavy atom. The third-order valence-corrected chi connectivity index (χ3v) is 3.77. The highest BCUT2D eigenvalue weighted by molar-refractivity contribution is 7.99. The molecule has 0 aliphatic heterocycles. The molecule has 0 radical (unpaired) electrons. The number of carbonyl (C=O) groups excluding carboxylic acids is 1. The molecule has 1 amide bonds. The van der Waals surface area contributed by atoms with E-state index in [1.165, 1.54) is 0 Å². The van der Waals surface area contributed by atoms with Crippen LogP contribution >= 0.6 is 11.8 Å². The maximum atomic E-state index is 11.7. The fraction of sp³-hybridized carbons (Fsp3) is 0.385. The predicted octanol–water partition coefficient (Wildman–Crippen LogP) is 2.17. The molecule has 0 aliphatic rings. The number of nitrogens with zero attached hydrogens (tertiary/aromatic N) is 1. The zero-order valence-electron chi connectivity index (χ0n) is 11.0. The summed E-state index contributed by atoms with van der Waals surface area (Å²) in [6.45, 7) is 4.37. The predicted molar refractivity (Wildman–Crippen MR) is 74.8 cm³/mol. The lowest BCUT2D eigenvalue weighted by Gasteiger charge is -2.03. The van der Waals surface area contributed by atoms with E-state index in [4.69, 9.17) is 4.52 Å². The molecule has 102 valence electrons. The summed E-state index contributed by atoms with van der Waals surface area (Å²) in [5.41, 5.74) is 3.06. The second-order valence-corrected chi connectivity index (χ2v) is 5.28. The summed E-state index contributed by atoms with van der Waals surface area (Å²) in [4.78, 5) is 14.6. The van der Waals surface area contributed by atoms with Crippen LogP contribution < -0.4 is 5.32 Å². The van der Waals surface area contributed by atoms with E-state index in [2.05, 4.69) is 15.5 Å². The van der Waals surface area contributed by atoms with Crippen LogP contribution in [0.4, 0.5) is 0 Å². The monoisotopic (exact) mass is 279 g/mol. The number of nitrogens with one attached hydrogen (secondary N) is 2. The number of aromatic nitrogens is 2. The molecule has 0 saturated carbocycles. The second-order valence-electron chi connectivity index (χ2n) is 4.29. The highest BCUT2D eigenvalue weighted by Crippen LogP contribution is 2.19. The van der Waals surface area contributed by atoms with Gasteiger partial charge in [-0.3, -0.25) is 4.79 Å². The molecule has 6 heteroatoms. The van der Waals surface area contributed by atoms with E-state index in [9.17, 15) is 4.79 Å². The first kappa shape index (κ1) is 13.7. The molecule has 5 nitrogen and oxygen atoms in total. The zero-order chi connectivity index (χ0) is 13.7. The van der Waals surface area contributed by atoms with Gasteiger partial charge in [0.05, 0.1) is 11.4 Å². The minimum absolute atomic E-state index is 0.0398. The number of amides is 1. The summed E-state index contributed by atoms with van der Waals surface area (Å²) < 4.78 is 5.08. The Morgan fingerprint density at radius 1 is 1.53 bits per heavy atom. The molecule has 0 unspecified atom stereocenters. The Kier molecular flexibility index (Phi) is 4.68. The van der Waals surface area contributed by atoms with E-state index in [0.717, 1.165) is 28.3 Å². The van der Waals surface area contributed by atoms with Crippen LogP contribution in [-0.2, 0) is 17.1 Å². The van der Waals surface area contributed by atoms with E-state index in [-0.39, 0.29) is 5.91 Å². The molecule has 2 aromatic rings. The number of rotatable bonds is 6. The minimum atomic E-state index is 0.0398. The smallest absolute Gasteiger partial charge is 0.230 e. The summed E-state index contributed by atoms with van der Waals surface area (Å²) >= 11 is 1.56. The van der Waals surface area contributed by atoms with Crippen molar-refractivity contribution in [2.75, 3.05) is 5.75 Å². The van der Waals surface area contributed by atoms with Crippen LogP contribution in [0.15, 0.2) is 23.0 Å². The molecule has 2 N–H and O–H groups in total. The molecule has 0 bridgehead atoms. The number of carbonyl (C=O) groups is 1. The number of aromatic amines is 1. The Bertz CT molecular complexity index is 515. The van der Waals surface area contributed by atoms with Crippen molar-refractivity contribution in [3.05, 3.63) is 41.0 Å². The summed E-state index contributed by atoms with van der Waals surface area (Å²) in [6.07, 6.45) is 3.71. The van der Waals surface area contributed by atoms with Gasteiger partial charge in [0.1, 0.15) is 5.76 Å². The maximum absolute atomic E-state index is 11.7. The third kappa shape index (κ3) is 3.89. The van der Waals surface area contributed by atoms with Crippen LogP contribution in [0.3, 0.4) is 0 Å². The Labute approximate surface area is 116 Å². The van der Waals surface area contributed by atoms with Crippen molar-refractivity contribution in [2.24, 2.45) is 0 Å².